The number of hydrogen-bond donors (Lipinski definition) is 1. The molecule has 1 N–H and O–H groups in total. The highest BCUT2D eigenvalue weighted by Crippen LogP contribution is 2.09. The number of halogens is 1. The molecular weight excluding hydrogens is 254 g/mol. The van der Waals surface area contributed by atoms with Gasteiger partial charge in [-0.2, -0.15) is 0 Å². The molecule has 18 heavy (non-hydrogen) atoms. The Morgan fingerprint density at radius 1 is 1.28 bits per heavy atom. The summed E-state index contributed by atoms with van der Waals surface area (Å²) in [5, 5.41) is 3.32. The van der Waals surface area contributed by atoms with Gasteiger partial charge < -0.3 is 10.1 Å². The average molecular weight is 270 g/mol. The molecule has 0 aliphatic heterocycles. The van der Waals surface area contributed by atoms with Crippen molar-refractivity contribution in [3.05, 3.63) is 34.9 Å². The fourth-order valence-corrected chi connectivity index (χ4v) is 1.50. The second-order valence-electron chi connectivity index (χ2n) is 3.67. The van der Waals surface area contributed by atoms with Crippen molar-refractivity contribution in [3.63, 3.8) is 0 Å². The first-order chi connectivity index (χ1) is 8.63. The van der Waals surface area contributed by atoms with Gasteiger partial charge in [0, 0.05) is 23.6 Å². The lowest BCUT2D eigenvalue weighted by molar-refractivity contribution is -0.143. The van der Waals surface area contributed by atoms with Crippen LogP contribution in [0.25, 0.3) is 0 Å². The first kappa shape index (κ1) is 14.5. The van der Waals surface area contributed by atoms with Gasteiger partial charge in [-0.3, -0.25) is 9.59 Å². The van der Waals surface area contributed by atoms with Crippen molar-refractivity contribution in [2.45, 2.75) is 19.8 Å². The van der Waals surface area contributed by atoms with Crippen LogP contribution in [0.1, 0.15) is 30.1 Å². The number of carbonyl (C=O) groups is 2. The molecular formula is C13H16ClNO3. The summed E-state index contributed by atoms with van der Waals surface area (Å²) in [6.45, 7) is 2.59. The monoisotopic (exact) mass is 269 g/mol. The zero-order valence-corrected chi connectivity index (χ0v) is 11.0. The molecule has 4 nitrogen and oxygen atoms in total. The maximum Gasteiger partial charge on any atom is 0.305 e. The van der Waals surface area contributed by atoms with E-state index in [1.807, 2.05) is 0 Å². The van der Waals surface area contributed by atoms with Crippen molar-refractivity contribution >= 4 is 23.5 Å². The number of hydrogen-bond acceptors (Lipinski definition) is 3. The van der Waals surface area contributed by atoms with Gasteiger partial charge in [0.1, 0.15) is 0 Å². The lowest BCUT2D eigenvalue weighted by Crippen LogP contribution is -2.24. The van der Waals surface area contributed by atoms with E-state index in [4.69, 9.17) is 16.3 Å². The van der Waals surface area contributed by atoms with Crippen LogP contribution in [0, 0.1) is 0 Å². The molecule has 0 radical (unpaired) electrons. The highest BCUT2D eigenvalue weighted by Gasteiger charge is 2.05. The number of rotatable bonds is 6. The number of nitrogens with one attached hydrogen (secondary N) is 1. The van der Waals surface area contributed by atoms with Gasteiger partial charge in [-0.1, -0.05) is 11.6 Å². The molecule has 0 saturated carbocycles. The van der Waals surface area contributed by atoms with Gasteiger partial charge >= 0.3 is 5.97 Å². The van der Waals surface area contributed by atoms with Gasteiger partial charge in [0.25, 0.3) is 5.91 Å². The summed E-state index contributed by atoms with van der Waals surface area (Å²) in [7, 11) is 0. The minimum Gasteiger partial charge on any atom is -0.466 e. The smallest absolute Gasteiger partial charge is 0.305 e. The van der Waals surface area contributed by atoms with Crippen molar-refractivity contribution in [2.75, 3.05) is 13.2 Å². The number of benzene rings is 1. The van der Waals surface area contributed by atoms with Gasteiger partial charge in [-0.05, 0) is 37.6 Å². The Balaban J connectivity index is 2.25. The van der Waals surface area contributed by atoms with E-state index in [-0.39, 0.29) is 11.9 Å². The number of carbonyl (C=O) groups excluding carboxylic acids is 2. The molecule has 0 saturated heterocycles. The molecule has 0 spiro atoms. The zero-order valence-electron chi connectivity index (χ0n) is 10.2. The fourth-order valence-electron chi connectivity index (χ4n) is 1.37. The lowest BCUT2D eigenvalue weighted by atomic mass is 10.2. The van der Waals surface area contributed by atoms with E-state index in [1.54, 1.807) is 31.2 Å². The summed E-state index contributed by atoms with van der Waals surface area (Å²) >= 11 is 5.72. The van der Waals surface area contributed by atoms with Crippen LogP contribution in [0.3, 0.4) is 0 Å². The minimum absolute atomic E-state index is 0.171. The molecule has 0 unspecified atom stereocenters. The van der Waals surface area contributed by atoms with Gasteiger partial charge in [-0.15, -0.1) is 0 Å². The summed E-state index contributed by atoms with van der Waals surface area (Å²) in [5.41, 5.74) is 0.551. The Morgan fingerprint density at radius 2 is 1.94 bits per heavy atom. The van der Waals surface area contributed by atoms with Crippen molar-refractivity contribution < 1.29 is 14.3 Å². The SMILES string of the molecule is CCOC(=O)CCCNC(=O)c1ccc(Cl)cc1. The first-order valence-electron chi connectivity index (χ1n) is 5.83. The first-order valence-corrected chi connectivity index (χ1v) is 6.20. The Bertz CT molecular complexity index is 403. The fraction of sp³-hybridized carbons (Fsp3) is 0.385. The molecule has 0 aliphatic rings. The van der Waals surface area contributed by atoms with Gasteiger partial charge in [0.05, 0.1) is 6.61 Å². The van der Waals surface area contributed by atoms with Crippen LogP contribution in [0.5, 0.6) is 0 Å². The van der Waals surface area contributed by atoms with Gasteiger partial charge in [-0.25, -0.2) is 0 Å². The second kappa shape index (κ2) is 7.71. The summed E-state index contributed by atoms with van der Waals surface area (Å²) in [6, 6.07) is 6.64. The molecule has 1 aromatic carbocycles. The van der Waals surface area contributed by atoms with Crippen LogP contribution >= 0.6 is 11.6 Å². The predicted molar refractivity (Wildman–Crippen MR) is 69.7 cm³/mol. The number of esters is 1. The third-order valence-electron chi connectivity index (χ3n) is 2.25. The molecule has 0 atom stereocenters. The summed E-state index contributed by atoms with van der Waals surface area (Å²) in [6.07, 6.45) is 0.882. The van der Waals surface area contributed by atoms with Crippen molar-refractivity contribution in [3.8, 4) is 0 Å². The molecule has 0 fully saturated rings. The van der Waals surface area contributed by atoms with E-state index in [2.05, 4.69) is 5.32 Å². The molecule has 0 bridgehead atoms. The van der Waals surface area contributed by atoms with Crippen LogP contribution in [0.4, 0.5) is 0 Å². The molecule has 0 heterocycles. The molecule has 0 aliphatic carbocycles. The van der Waals surface area contributed by atoms with Crippen molar-refractivity contribution in [1.29, 1.82) is 0 Å². The molecule has 98 valence electrons. The maximum absolute atomic E-state index is 11.7. The molecule has 0 aromatic heterocycles. The average Bonchev–Trinajstić information content (AvgIpc) is 2.35. The lowest BCUT2D eigenvalue weighted by Gasteiger charge is -2.05. The van der Waals surface area contributed by atoms with Crippen LogP contribution in [-0.2, 0) is 9.53 Å². The summed E-state index contributed by atoms with van der Waals surface area (Å²) in [4.78, 5) is 22.7. The Labute approximate surface area is 111 Å². The molecule has 5 heteroatoms. The number of ether oxygens (including phenoxy) is 1. The third-order valence-corrected chi connectivity index (χ3v) is 2.51. The number of amides is 1. The highest BCUT2D eigenvalue weighted by atomic mass is 35.5. The normalized spacial score (nSPS) is 9.89. The quantitative estimate of drug-likeness (QED) is 0.637. The standard InChI is InChI=1S/C13H16ClNO3/c1-2-18-12(16)4-3-9-15-13(17)10-5-7-11(14)8-6-10/h5-8H,2-4,9H2,1H3,(H,15,17). The maximum atomic E-state index is 11.7. The van der Waals surface area contributed by atoms with Crippen molar-refractivity contribution in [1.82, 2.24) is 5.32 Å². The third kappa shape index (κ3) is 5.19. The topological polar surface area (TPSA) is 55.4 Å². The summed E-state index contributed by atoms with van der Waals surface area (Å²) < 4.78 is 4.78. The van der Waals surface area contributed by atoms with Crippen LogP contribution in [-0.4, -0.2) is 25.0 Å². The van der Waals surface area contributed by atoms with E-state index < -0.39 is 0 Å². The zero-order chi connectivity index (χ0) is 13.4. The van der Waals surface area contributed by atoms with E-state index in [9.17, 15) is 9.59 Å². The predicted octanol–water partition coefficient (Wildman–Crippen LogP) is 2.41. The summed E-state index contributed by atoms with van der Waals surface area (Å²) in [5.74, 6) is -0.409. The Hall–Kier alpha value is -1.55. The van der Waals surface area contributed by atoms with Crippen LogP contribution < -0.4 is 5.32 Å². The minimum atomic E-state index is -0.238. The van der Waals surface area contributed by atoms with E-state index in [0.29, 0.717) is 36.6 Å². The largest absolute Gasteiger partial charge is 0.466 e. The Morgan fingerprint density at radius 3 is 2.56 bits per heavy atom. The van der Waals surface area contributed by atoms with Crippen LogP contribution in [0.2, 0.25) is 5.02 Å². The molecule has 1 rings (SSSR count). The second-order valence-corrected chi connectivity index (χ2v) is 4.11. The Kier molecular flexibility index (Phi) is 6.22. The van der Waals surface area contributed by atoms with E-state index in [0.717, 1.165) is 0 Å². The van der Waals surface area contributed by atoms with Gasteiger partial charge in [0.15, 0.2) is 0 Å². The van der Waals surface area contributed by atoms with E-state index in [1.165, 1.54) is 0 Å². The molecule has 1 amide bonds. The van der Waals surface area contributed by atoms with Crippen molar-refractivity contribution in [2.24, 2.45) is 0 Å². The highest BCUT2D eigenvalue weighted by molar-refractivity contribution is 6.30. The van der Waals surface area contributed by atoms with E-state index >= 15 is 0 Å². The van der Waals surface area contributed by atoms with Crippen LogP contribution in [0.15, 0.2) is 24.3 Å². The van der Waals surface area contributed by atoms with Gasteiger partial charge in [0.2, 0.25) is 0 Å². The molecule has 1 aromatic rings.